The van der Waals surface area contributed by atoms with Gasteiger partial charge in [-0.05, 0) is 88.2 Å². The number of likely N-dealkylation sites (tertiary alicyclic amines) is 1. The van der Waals surface area contributed by atoms with Gasteiger partial charge < -0.3 is 138 Å². The monoisotopic (exact) mass is 1810 g/mol. The number of benzene rings is 1. The van der Waals surface area contributed by atoms with E-state index in [0.29, 0.717) is 35.0 Å². The Hall–Kier alpha value is -12.5. The Bertz CT molecular complexity index is 4350. The number of para-hydroxylation sites is 1. The number of carbonyl (C=O) groups excluding carboxylic acids is 19. The number of carbonyl (C=O) groups is 19. The summed E-state index contributed by atoms with van der Waals surface area (Å²) < 4.78 is 0. The first-order valence-electron chi connectivity index (χ1n) is 41.5. The highest BCUT2D eigenvalue weighted by Gasteiger charge is 2.43. The van der Waals surface area contributed by atoms with Crippen molar-refractivity contribution in [2.45, 2.75) is 237 Å². The van der Waals surface area contributed by atoms with Crippen molar-refractivity contribution < 1.29 is 106 Å². The quantitative estimate of drug-likeness (QED) is 0.0108. The van der Waals surface area contributed by atoms with Crippen LogP contribution in [0.3, 0.4) is 0 Å². The van der Waals surface area contributed by atoms with E-state index in [2.05, 4.69) is 100 Å². The molecule has 0 unspecified atom stereocenters. The van der Waals surface area contributed by atoms with E-state index in [1.807, 2.05) is 6.92 Å². The van der Waals surface area contributed by atoms with E-state index in [1.165, 1.54) is 24.3 Å². The lowest BCUT2D eigenvalue weighted by Gasteiger charge is -2.32. The van der Waals surface area contributed by atoms with Crippen LogP contribution in [0.4, 0.5) is 0 Å². The second kappa shape index (κ2) is 52.4. The van der Waals surface area contributed by atoms with Crippen molar-refractivity contribution in [2.75, 3.05) is 45.2 Å². The van der Waals surface area contributed by atoms with E-state index in [-0.39, 0.29) is 57.5 Å². The molecule has 2 aromatic heterocycles. The number of nitrogens with two attached hydrogens (primary N) is 4. The predicted octanol–water partition coefficient (Wildman–Crippen LogP) is -8.84. The maximum atomic E-state index is 14.5. The zero-order chi connectivity index (χ0) is 95.4. The number of amides is 18. The number of hydrogen-bond donors (Lipinski definition) is 26. The first kappa shape index (κ1) is 107. The van der Waals surface area contributed by atoms with E-state index in [1.54, 1.807) is 78.9 Å². The van der Waals surface area contributed by atoms with Crippen LogP contribution in [0.2, 0.25) is 0 Å². The molecular formula is C79H124ClN25O22. The average molecular weight is 1810 g/mol. The molecule has 0 spiro atoms. The minimum Gasteiger partial charge on any atom is -0.394 e. The molecule has 3 aromatic rings. The molecule has 17 atom stereocenters. The van der Waals surface area contributed by atoms with E-state index in [4.69, 9.17) is 39.9 Å². The number of aromatic amines is 2. The number of ketones is 1. The van der Waals surface area contributed by atoms with Gasteiger partial charge in [-0.2, -0.15) is 0 Å². The molecule has 1 aliphatic rings. The smallest absolute Gasteiger partial charge is 0.246 e. The lowest BCUT2D eigenvalue weighted by molar-refractivity contribution is -0.143. The number of Topliss-reactive ketones (excluding diaryl/α,β-unsaturated/α-hetero) is 1. The van der Waals surface area contributed by atoms with E-state index in [0.717, 1.165) is 13.8 Å². The van der Waals surface area contributed by atoms with Crippen LogP contribution in [0.25, 0.3) is 10.9 Å². The highest BCUT2D eigenvalue weighted by Crippen LogP contribution is 2.23. The van der Waals surface area contributed by atoms with Crippen molar-refractivity contribution in [1.29, 1.82) is 5.41 Å². The number of rotatable bonds is 54. The lowest BCUT2D eigenvalue weighted by Crippen LogP contribution is -2.62. The summed E-state index contributed by atoms with van der Waals surface area (Å²) in [5.74, 6) is -21.8. The number of alkyl halides is 1. The van der Waals surface area contributed by atoms with E-state index >= 15 is 0 Å². The van der Waals surface area contributed by atoms with Crippen LogP contribution in [-0.4, -0.2) is 295 Å². The second-order valence-corrected chi connectivity index (χ2v) is 32.4. The Balaban J connectivity index is 1.41. The van der Waals surface area contributed by atoms with Crippen LogP contribution in [0.1, 0.15) is 139 Å². The fourth-order valence-electron chi connectivity index (χ4n) is 13.1. The van der Waals surface area contributed by atoms with Crippen molar-refractivity contribution >= 4 is 141 Å². The van der Waals surface area contributed by atoms with Crippen molar-refractivity contribution in [3.63, 3.8) is 0 Å². The molecular weight excluding hydrogens is 1690 g/mol. The summed E-state index contributed by atoms with van der Waals surface area (Å²) in [6, 6.07) is -14.2. The average Bonchev–Trinajstić information content (AvgIpc) is 1.71. The largest absolute Gasteiger partial charge is 0.394 e. The lowest BCUT2D eigenvalue weighted by atomic mass is 9.98. The molecule has 1 aromatic carbocycles. The molecule has 0 saturated carbocycles. The minimum absolute atomic E-state index is 0.0114. The molecule has 30 N–H and O–H groups in total. The number of aliphatic hydroxyl groups excluding tert-OH is 3. The molecule has 1 saturated heterocycles. The van der Waals surface area contributed by atoms with Crippen molar-refractivity contribution in [2.24, 2.45) is 46.6 Å². The summed E-state index contributed by atoms with van der Waals surface area (Å²) in [4.78, 5) is 269. The van der Waals surface area contributed by atoms with Gasteiger partial charge in [-0.25, -0.2) is 4.98 Å². The molecule has 0 radical (unpaired) electrons. The van der Waals surface area contributed by atoms with E-state index < -0.39 is 278 Å². The molecule has 704 valence electrons. The molecule has 47 nitrogen and oxygen atoms in total. The highest BCUT2D eigenvalue weighted by atomic mass is 35.5. The first-order chi connectivity index (χ1) is 59.7. The van der Waals surface area contributed by atoms with Gasteiger partial charge >= 0.3 is 0 Å². The fraction of sp³-hybridized carbons (Fsp3) is 0.608. The van der Waals surface area contributed by atoms with Crippen LogP contribution in [0.5, 0.6) is 0 Å². The van der Waals surface area contributed by atoms with E-state index in [9.17, 15) is 106 Å². The summed E-state index contributed by atoms with van der Waals surface area (Å²) in [7, 11) is 0. The number of nitrogens with zero attached hydrogens (tertiary/aromatic N) is 2. The van der Waals surface area contributed by atoms with Crippen LogP contribution in [-0.2, 0) is 104 Å². The summed E-state index contributed by atoms with van der Waals surface area (Å²) >= 11 is 5.63. The van der Waals surface area contributed by atoms with Crippen LogP contribution in [0, 0.1) is 29.1 Å². The Morgan fingerprint density at radius 3 is 1.58 bits per heavy atom. The summed E-state index contributed by atoms with van der Waals surface area (Å²) in [6.45, 7) is 13.0. The standard InChI is InChI=1S/C79H124ClN25O22/c1-12-39(8)61(83)74(123)98-49(24-43-29-88-46-18-14-13-17-45(43)46)70(119)97-52(27-57(82)111)72(121)104-65(42(11)108)77(126)99-48(23-36(2)3)69(118)96-51(26-56(81)110)71(120)100-53(34-106)66(115)89-31-58(112)94-47(19-15-21-87-79(84)85)67(116)102-62(37(4)5)76(125)103-63(38(6)7)78(127)105-22-16-20-54(105)73(122)90-33-60(114)101-64(41(10)107)75(124)91-32-59(113)95-50(25-44-30-86-35-92-44)68(117)93-40(9)55(109)28-80/h13-14,17-18,29-30,35-42,47-54,61-65,88,106-108H,12,15-16,19-28,31-34,83H2,1-11H3,(H2,81,110)(H2,82,111)(H,86,92)(H,89,115)(H,90,122)(H,91,124)(H,93,117)(H,94,112)(H,95,113)(H,96,118)(H,97,119)(H,98,123)(H,99,126)(H,100,120)(H,101,114)(H,102,116)(H,103,125)(H,104,121)(H4,84,85,87)/t39-,40-,41+,42+,47-,48-,49-,50-,51-,52-,53-,54-,61-,62-,63-,64-,65-/m0/s1. The zero-order valence-corrected chi connectivity index (χ0v) is 73.5. The molecule has 127 heavy (non-hydrogen) atoms. The Kier molecular flexibility index (Phi) is 44.1. The molecule has 1 fully saturated rings. The number of primary amides is 2. The van der Waals surface area contributed by atoms with Crippen molar-refractivity contribution in [3.8, 4) is 0 Å². The van der Waals surface area contributed by atoms with Gasteiger partial charge in [-0.15, -0.1) is 11.6 Å². The van der Waals surface area contributed by atoms with Gasteiger partial charge in [0.15, 0.2) is 11.7 Å². The number of aromatic nitrogens is 3. The normalized spacial score (nSPS) is 16.2. The SMILES string of the molecule is CC[C@H](C)[C@H](N)C(=O)N[C@@H](Cc1c[nH]c2ccccc12)C(=O)N[C@@H](CC(N)=O)C(=O)N[C@H](C(=O)N[C@@H](CC(C)C)C(=O)N[C@@H](CC(N)=O)C(=O)N[C@@H](CO)C(=O)NCC(=O)N[C@@H](CCCNC(=N)N)C(=O)N[C@H](C(=O)N[C@H](C(=O)N1CCC[C@H]1C(=O)NCC(=O)N[C@H](C(=O)NCC(=O)N[C@@H](Cc1cnc[nH]1)C(=O)N[C@@H](C)C(=O)CCl)[C@@H](C)O)C(C)C)C(C)C)[C@@H](C)O. The topological polar surface area (TPSA) is 753 Å². The second-order valence-electron chi connectivity index (χ2n) is 32.1. The third-order valence-electron chi connectivity index (χ3n) is 20.5. The maximum Gasteiger partial charge on any atom is 0.246 e. The van der Waals surface area contributed by atoms with Crippen LogP contribution in [0.15, 0.2) is 43.0 Å². The van der Waals surface area contributed by atoms with Gasteiger partial charge in [-0.1, -0.05) is 80.0 Å². The zero-order valence-electron chi connectivity index (χ0n) is 72.8. The number of guanidine groups is 1. The van der Waals surface area contributed by atoms with Gasteiger partial charge in [-0.3, -0.25) is 96.5 Å². The number of imidazole rings is 1. The third-order valence-corrected chi connectivity index (χ3v) is 20.8. The summed E-state index contributed by atoms with van der Waals surface area (Å²) in [5.41, 5.74) is 24.4. The Labute approximate surface area is 737 Å². The third kappa shape index (κ3) is 35.1. The molecule has 4 rings (SSSR count). The number of hydrogen-bond acceptors (Lipinski definition) is 25. The molecule has 0 aliphatic carbocycles. The molecule has 0 bridgehead atoms. The van der Waals surface area contributed by atoms with Crippen molar-refractivity contribution in [1.82, 2.24) is 105 Å². The minimum atomic E-state index is -1.96. The van der Waals surface area contributed by atoms with Gasteiger partial charge in [0.1, 0.15) is 72.5 Å². The Morgan fingerprint density at radius 2 is 1.03 bits per heavy atom. The predicted molar refractivity (Wildman–Crippen MR) is 456 cm³/mol. The Morgan fingerprint density at radius 1 is 0.543 bits per heavy atom. The van der Waals surface area contributed by atoms with Crippen molar-refractivity contribution in [3.05, 3.63) is 54.2 Å². The first-order valence-corrected chi connectivity index (χ1v) is 42.0. The molecule has 18 amide bonds. The number of aliphatic hydroxyl groups is 3. The van der Waals surface area contributed by atoms with Gasteiger partial charge in [0, 0.05) is 54.9 Å². The number of fused-ring (bicyclic) bond motifs is 1. The summed E-state index contributed by atoms with van der Waals surface area (Å²) in [5, 5.41) is 78.6. The maximum absolute atomic E-state index is 14.5. The molecule has 48 heteroatoms. The highest BCUT2D eigenvalue weighted by molar-refractivity contribution is 6.28. The van der Waals surface area contributed by atoms with Gasteiger partial charge in [0.25, 0.3) is 0 Å². The number of nitrogens with one attached hydrogen (secondary N) is 19. The van der Waals surface area contributed by atoms with Crippen LogP contribution < -0.4 is 108 Å². The van der Waals surface area contributed by atoms with Crippen LogP contribution >= 0.6 is 11.6 Å². The fourth-order valence-corrected chi connectivity index (χ4v) is 13.3. The number of halogens is 1. The van der Waals surface area contributed by atoms with Gasteiger partial charge in [0.2, 0.25) is 106 Å². The number of H-pyrrole nitrogens is 2. The van der Waals surface area contributed by atoms with Gasteiger partial charge in [0.05, 0.1) is 75.6 Å². The molecule has 1 aliphatic heterocycles. The summed E-state index contributed by atoms with van der Waals surface area (Å²) in [6.07, 6.45) is -0.592. The molecule has 3 heterocycles.